The van der Waals surface area contributed by atoms with Crippen molar-refractivity contribution in [2.75, 3.05) is 37.8 Å². The number of nitrogens with zero attached hydrogens (tertiary/aromatic N) is 1. The maximum atomic E-state index is 12.0. The molecular formula is C26H35ClN2O5S. The number of carbonyl (C=O) groups is 1. The molecule has 1 heterocycles. The van der Waals surface area contributed by atoms with Gasteiger partial charge in [-0.3, -0.25) is 0 Å². The molecule has 1 aliphatic rings. The molecule has 3 atom stereocenters. The summed E-state index contributed by atoms with van der Waals surface area (Å²) in [6, 6.07) is 11.5. The number of anilines is 1. The van der Waals surface area contributed by atoms with Gasteiger partial charge in [-0.1, -0.05) is 44.4 Å². The van der Waals surface area contributed by atoms with Crippen LogP contribution < -0.4 is 14.8 Å². The van der Waals surface area contributed by atoms with E-state index in [0.29, 0.717) is 18.1 Å². The molecule has 192 valence electrons. The molecule has 0 radical (unpaired) electrons. The number of hydrogen-bond acceptors (Lipinski definition) is 5. The number of benzene rings is 2. The first-order valence-electron chi connectivity index (χ1n) is 12.1. The molecule has 0 bridgehead atoms. The van der Waals surface area contributed by atoms with Crippen molar-refractivity contribution in [2.24, 2.45) is 11.1 Å². The second kappa shape index (κ2) is 13.3. The molecule has 9 heteroatoms. The van der Waals surface area contributed by atoms with Gasteiger partial charge in [-0.2, -0.15) is 0 Å². The molecule has 0 aliphatic carbocycles. The molecule has 2 aromatic carbocycles. The molecule has 0 aromatic heterocycles. The largest absolute Gasteiger partial charge is 0.491 e. The highest BCUT2D eigenvalue weighted by molar-refractivity contribution is 7.82. The van der Waals surface area contributed by atoms with Gasteiger partial charge >= 0.3 is 5.97 Å². The highest BCUT2D eigenvalue weighted by Crippen LogP contribution is 2.37. The smallest absolute Gasteiger partial charge is 0.329 e. The van der Waals surface area contributed by atoms with Gasteiger partial charge in [0.1, 0.15) is 23.3 Å². The van der Waals surface area contributed by atoms with E-state index in [-0.39, 0.29) is 18.4 Å². The fraction of sp³-hybridized carbons (Fsp3) is 0.500. The quantitative estimate of drug-likeness (QED) is 0.416. The van der Waals surface area contributed by atoms with Crippen LogP contribution in [0, 0.1) is 5.92 Å². The van der Waals surface area contributed by atoms with Crippen LogP contribution in [-0.4, -0.2) is 48.2 Å². The van der Waals surface area contributed by atoms with Crippen molar-refractivity contribution in [1.82, 2.24) is 0 Å². The minimum Gasteiger partial charge on any atom is -0.491 e. The Balaban J connectivity index is 1.87. The molecule has 3 unspecified atom stereocenters. The maximum Gasteiger partial charge on any atom is 0.329 e. The van der Waals surface area contributed by atoms with Crippen LogP contribution in [0.2, 0.25) is 5.02 Å². The van der Waals surface area contributed by atoms with E-state index >= 15 is 0 Å². The van der Waals surface area contributed by atoms with E-state index in [2.05, 4.69) is 24.8 Å². The molecule has 0 saturated heterocycles. The predicted octanol–water partition coefficient (Wildman–Crippen LogP) is 4.77. The van der Waals surface area contributed by atoms with E-state index in [1.54, 1.807) is 6.07 Å². The van der Waals surface area contributed by atoms with Gasteiger partial charge in [0, 0.05) is 24.0 Å². The van der Waals surface area contributed by atoms with E-state index in [0.717, 1.165) is 55.2 Å². The van der Waals surface area contributed by atoms with Crippen molar-refractivity contribution in [2.45, 2.75) is 50.3 Å². The van der Waals surface area contributed by atoms with Crippen LogP contribution in [0.15, 0.2) is 41.3 Å². The van der Waals surface area contributed by atoms with Gasteiger partial charge in [0.2, 0.25) is 0 Å². The van der Waals surface area contributed by atoms with Crippen molar-refractivity contribution in [3.8, 4) is 5.75 Å². The van der Waals surface area contributed by atoms with Crippen molar-refractivity contribution in [1.29, 1.82) is 0 Å². The van der Waals surface area contributed by atoms with Gasteiger partial charge in [-0.05, 0) is 60.2 Å². The fourth-order valence-electron chi connectivity index (χ4n) is 4.51. The zero-order valence-electron chi connectivity index (χ0n) is 20.4. The summed E-state index contributed by atoms with van der Waals surface area (Å²) in [6.45, 7) is 6.30. The third-order valence-electron chi connectivity index (χ3n) is 6.41. The van der Waals surface area contributed by atoms with Crippen LogP contribution in [0.1, 0.15) is 50.2 Å². The zero-order chi connectivity index (χ0) is 25.4. The van der Waals surface area contributed by atoms with Gasteiger partial charge in [-0.25, -0.2) is 14.1 Å². The zero-order valence-corrected chi connectivity index (χ0v) is 21.9. The van der Waals surface area contributed by atoms with Crippen LogP contribution in [0.3, 0.4) is 0 Å². The Labute approximate surface area is 215 Å². The molecule has 7 nitrogen and oxygen atoms in total. The molecule has 0 spiro atoms. The van der Waals surface area contributed by atoms with Crippen LogP contribution >= 0.6 is 11.6 Å². The first kappa shape index (κ1) is 27.5. The summed E-state index contributed by atoms with van der Waals surface area (Å²) < 4.78 is 23.6. The van der Waals surface area contributed by atoms with Crippen molar-refractivity contribution < 1.29 is 23.6 Å². The Morgan fingerprint density at radius 3 is 2.80 bits per heavy atom. The number of carboxylic acids is 1. The lowest BCUT2D eigenvalue weighted by atomic mass is 9.92. The lowest BCUT2D eigenvalue weighted by Crippen LogP contribution is -2.32. The monoisotopic (exact) mass is 522 g/mol. The van der Waals surface area contributed by atoms with Crippen LogP contribution in [-0.2, 0) is 26.9 Å². The summed E-state index contributed by atoms with van der Waals surface area (Å²) in [5, 5.41) is 15.3. The first-order chi connectivity index (χ1) is 16.8. The van der Waals surface area contributed by atoms with Crippen LogP contribution in [0.25, 0.3) is 0 Å². The normalized spacial score (nSPS) is 17.3. The molecule has 3 N–H and O–H groups in total. The lowest BCUT2D eigenvalue weighted by molar-refractivity contribution is -0.142. The van der Waals surface area contributed by atoms with E-state index < -0.39 is 17.0 Å². The number of aryl methyl sites for hydroxylation is 1. The second-order valence-electron chi connectivity index (χ2n) is 8.95. The average Bonchev–Trinajstić information content (AvgIpc) is 3.00. The van der Waals surface area contributed by atoms with E-state index in [1.165, 1.54) is 11.1 Å². The number of carboxylic acid groups (broad SMARTS) is 1. The first-order valence-corrected chi connectivity index (χ1v) is 13.7. The van der Waals surface area contributed by atoms with Crippen LogP contribution in [0.4, 0.5) is 5.69 Å². The van der Waals surface area contributed by atoms with Crippen LogP contribution in [0.5, 0.6) is 5.75 Å². The van der Waals surface area contributed by atoms with E-state index in [4.69, 9.17) is 31.3 Å². The highest BCUT2D eigenvalue weighted by Gasteiger charge is 2.27. The van der Waals surface area contributed by atoms with Gasteiger partial charge in [0.25, 0.3) is 0 Å². The Kier molecular flexibility index (Phi) is 10.4. The standard InChI is InChI=1S/C26H35ClN2O5S/c1-3-5-19-12-21(27)6-8-23(19)20-14-29(11-10-18(4-2)15-33-17-26(30)31)24-13-22(35(28)32)7-9-25(24)34-16-20/h6-9,12-13,18,20H,3-5,10-11,14-17,28H2,1-2H3,(H,30,31). The average molecular weight is 523 g/mol. The lowest BCUT2D eigenvalue weighted by Gasteiger charge is -2.29. The number of halogens is 1. The Bertz CT molecular complexity index is 1030. The number of hydrogen-bond donors (Lipinski definition) is 2. The summed E-state index contributed by atoms with van der Waals surface area (Å²) in [5.74, 6) is 0.118. The van der Waals surface area contributed by atoms with Crippen molar-refractivity contribution in [3.05, 3.63) is 52.5 Å². The number of fused-ring (bicyclic) bond motifs is 1. The van der Waals surface area contributed by atoms with Gasteiger partial charge in [0.15, 0.2) is 0 Å². The predicted molar refractivity (Wildman–Crippen MR) is 140 cm³/mol. The van der Waals surface area contributed by atoms with Crippen molar-refractivity contribution >= 4 is 34.2 Å². The summed E-state index contributed by atoms with van der Waals surface area (Å²) >= 11 is 6.30. The summed E-state index contributed by atoms with van der Waals surface area (Å²) in [7, 11) is -1.60. The molecule has 0 fully saturated rings. The summed E-state index contributed by atoms with van der Waals surface area (Å²) in [6.07, 6.45) is 3.66. The highest BCUT2D eigenvalue weighted by atomic mass is 35.5. The minimum absolute atomic E-state index is 0.122. The summed E-state index contributed by atoms with van der Waals surface area (Å²) in [5.41, 5.74) is 3.33. The second-order valence-corrected chi connectivity index (χ2v) is 10.4. The molecule has 0 amide bonds. The molecule has 35 heavy (non-hydrogen) atoms. The molecule has 1 aliphatic heterocycles. The maximum absolute atomic E-state index is 12.0. The third kappa shape index (κ3) is 7.67. The third-order valence-corrected chi connectivity index (χ3v) is 7.37. The SMILES string of the molecule is CCCc1cc(Cl)ccc1C1COc2ccc(S(N)=O)cc2N(CCC(CC)COCC(=O)O)C1. The van der Waals surface area contributed by atoms with Gasteiger partial charge < -0.3 is 19.5 Å². The molecule has 3 rings (SSSR count). The minimum atomic E-state index is -1.60. The van der Waals surface area contributed by atoms with E-state index in [9.17, 15) is 9.00 Å². The number of aliphatic carboxylic acids is 1. The van der Waals surface area contributed by atoms with Gasteiger partial charge in [-0.15, -0.1) is 0 Å². The number of ether oxygens (including phenoxy) is 2. The Morgan fingerprint density at radius 1 is 1.31 bits per heavy atom. The summed E-state index contributed by atoms with van der Waals surface area (Å²) in [4.78, 5) is 13.6. The van der Waals surface area contributed by atoms with Crippen molar-refractivity contribution in [3.63, 3.8) is 0 Å². The topological polar surface area (TPSA) is 102 Å². The molecule has 2 aromatic rings. The molecule has 0 saturated carbocycles. The number of nitrogens with two attached hydrogens (primary N) is 1. The Hall–Kier alpha value is -2.13. The molecular weight excluding hydrogens is 488 g/mol. The van der Waals surface area contributed by atoms with E-state index in [1.807, 2.05) is 24.3 Å². The Morgan fingerprint density at radius 2 is 2.11 bits per heavy atom. The fourth-order valence-corrected chi connectivity index (χ4v) is 5.14. The van der Waals surface area contributed by atoms with Gasteiger partial charge in [0.05, 0.1) is 23.8 Å². The number of rotatable bonds is 12.